The number of nitrogens with zero attached hydrogens (tertiary/aromatic N) is 3. The van der Waals surface area contributed by atoms with E-state index < -0.39 is 27.5 Å². The van der Waals surface area contributed by atoms with Crippen molar-refractivity contribution >= 4 is 42.9 Å². The molecule has 0 bridgehead atoms. The summed E-state index contributed by atoms with van der Waals surface area (Å²) in [4.78, 5) is 4.17. The van der Waals surface area contributed by atoms with Gasteiger partial charge in [0.1, 0.15) is 22.4 Å². The minimum absolute atomic E-state index is 0.0624. The number of alkyl halides is 3. The number of fused-ring (bicyclic) bond motifs is 1. The lowest BCUT2D eigenvalue weighted by molar-refractivity contribution is -0.137. The second kappa shape index (κ2) is 8.20. The first kappa shape index (κ1) is 22.3. The fourth-order valence-electron chi connectivity index (χ4n) is 3.42. The fraction of sp³-hybridized carbons (Fsp3) is 0.238. The second-order valence-electron chi connectivity index (χ2n) is 7.17. The number of halogens is 3. The van der Waals surface area contributed by atoms with Crippen LogP contribution in [0, 0.1) is 11.3 Å². The number of sulfonamides is 1. The quantitative estimate of drug-likeness (QED) is 0.418. The van der Waals surface area contributed by atoms with Crippen molar-refractivity contribution in [2.75, 3.05) is 13.1 Å². The van der Waals surface area contributed by atoms with Gasteiger partial charge in [0.25, 0.3) is 0 Å². The molecule has 2 aromatic carbocycles. The highest BCUT2D eigenvalue weighted by Gasteiger charge is 2.31. The van der Waals surface area contributed by atoms with Crippen molar-refractivity contribution in [1.82, 2.24) is 9.29 Å². The van der Waals surface area contributed by atoms with Gasteiger partial charge in [-0.1, -0.05) is 0 Å². The number of aliphatic hydroxyl groups excluding tert-OH is 1. The lowest BCUT2D eigenvalue weighted by atomic mass is 10.1. The van der Waals surface area contributed by atoms with Gasteiger partial charge in [-0.25, -0.2) is 13.4 Å². The third-order valence-corrected chi connectivity index (χ3v) is 8.07. The van der Waals surface area contributed by atoms with E-state index >= 15 is 0 Å². The first-order valence-electron chi connectivity index (χ1n) is 9.53. The summed E-state index contributed by atoms with van der Waals surface area (Å²) >= 11 is 0.975. The van der Waals surface area contributed by atoms with Crippen molar-refractivity contribution in [1.29, 1.82) is 5.26 Å². The molecule has 0 amide bonds. The molecule has 0 spiro atoms. The summed E-state index contributed by atoms with van der Waals surface area (Å²) in [6, 6.07) is 10.4. The number of nitriles is 1. The zero-order valence-electron chi connectivity index (χ0n) is 16.4. The van der Waals surface area contributed by atoms with Crippen molar-refractivity contribution in [3.63, 3.8) is 0 Å². The van der Waals surface area contributed by atoms with E-state index in [4.69, 9.17) is 0 Å². The molecule has 6 nitrogen and oxygen atoms in total. The minimum Gasteiger partial charge on any atom is -0.506 e. The van der Waals surface area contributed by atoms with Crippen LogP contribution in [-0.2, 0) is 16.2 Å². The van der Waals surface area contributed by atoms with E-state index in [2.05, 4.69) is 4.98 Å². The smallest absolute Gasteiger partial charge is 0.416 e. The molecule has 1 saturated heterocycles. The van der Waals surface area contributed by atoms with E-state index in [0.717, 1.165) is 36.3 Å². The van der Waals surface area contributed by atoms with E-state index in [1.54, 1.807) is 0 Å². The molecule has 0 saturated carbocycles. The molecule has 0 atom stereocenters. The Morgan fingerprint density at radius 3 is 2.38 bits per heavy atom. The van der Waals surface area contributed by atoms with E-state index in [0.29, 0.717) is 17.8 Å². The predicted octanol–water partition coefficient (Wildman–Crippen LogP) is 5.05. The lowest BCUT2D eigenvalue weighted by Gasteiger charge is -2.15. The van der Waals surface area contributed by atoms with Gasteiger partial charge in [-0.2, -0.15) is 22.7 Å². The lowest BCUT2D eigenvalue weighted by Crippen LogP contribution is -2.27. The Kier molecular flexibility index (Phi) is 5.70. The van der Waals surface area contributed by atoms with Crippen LogP contribution in [0.1, 0.15) is 29.0 Å². The Bertz CT molecular complexity index is 1350. The van der Waals surface area contributed by atoms with Crippen LogP contribution in [0.2, 0.25) is 0 Å². The number of rotatable bonds is 4. The van der Waals surface area contributed by atoms with Crippen LogP contribution in [0.3, 0.4) is 0 Å². The van der Waals surface area contributed by atoms with Crippen molar-refractivity contribution in [2.24, 2.45) is 0 Å². The van der Waals surface area contributed by atoms with Gasteiger partial charge in [0.2, 0.25) is 10.0 Å². The molecule has 3 aromatic rings. The van der Waals surface area contributed by atoms with Gasteiger partial charge in [-0.05, 0) is 55.3 Å². The molecule has 1 N–H and O–H groups in total. The topological polar surface area (TPSA) is 94.3 Å². The molecule has 0 aliphatic carbocycles. The van der Waals surface area contributed by atoms with Crippen molar-refractivity contribution in [3.8, 4) is 6.07 Å². The van der Waals surface area contributed by atoms with Crippen LogP contribution < -0.4 is 0 Å². The summed E-state index contributed by atoms with van der Waals surface area (Å²) in [5, 5.41) is 20.3. The average Bonchev–Trinajstić information content (AvgIpc) is 3.43. The monoisotopic (exact) mass is 479 g/mol. The molecule has 1 aromatic heterocycles. The molecule has 1 aliphatic rings. The first-order chi connectivity index (χ1) is 15.1. The standard InChI is InChI=1S/C21H16F3N3O3S2/c22-21(23,24)14-5-8-18-17(11-14)26-20(31-18)16(12-25)19(28)13-3-6-15(7-4-13)32(29,30)27-9-1-2-10-27/h3-8,11,28H,1-2,9-10H2/b19-16-. The number of aromatic nitrogens is 1. The average molecular weight is 480 g/mol. The maximum atomic E-state index is 12.9. The summed E-state index contributed by atoms with van der Waals surface area (Å²) in [6.45, 7) is 0.920. The normalized spacial score (nSPS) is 16.2. The summed E-state index contributed by atoms with van der Waals surface area (Å²) in [5.41, 5.74) is -0.817. The summed E-state index contributed by atoms with van der Waals surface area (Å²) < 4.78 is 65.9. The van der Waals surface area contributed by atoms with Crippen LogP contribution in [0.4, 0.5) is 13.2 Å². The van der Waals surface area contributed by atoms with Gasteiger partial charge < -0.3 is 5.11 Å². The van der Waals surface area contributed by atoms with Crippen molar-refractivity contribution < 1.29 is 26.7 Å². The number of hydrogen-bond donors (Lipinski definition) is 1. The molecule has 11 heteroatoms. The Balaban J connectivity index is 1.69. The number of allylic oxidation sites excluding steroid dienone is 1. The van der Waals surface area contributed by atoms with Gasteiger partial charge in [-0.3, -0.25) is 0 Å². The van der Waals surface area contributed by atoms with Crippen LogP contribution in [0.25, 0.3) is 21.5 Å². The number of benzene rings is 2. The first-order valence-corrected chi connectivity index (χ1v) is 11.8. The Hall–Kier alpha value is -2.94. The molecule has 1 fully saturated rings. The van der Waals surface area contributed by atoms with E-state index in [-0.39, 0.29) is 26.6 Å². The highest BCUT2D eigenvalue weighted by Crippen LogP contribution is 2.35. The van der Waals surface area contributed by atoms with Crippen LogP contribution >= 0.6 is 11.3 Å². The molecule has 0 radical (unpaired) electrons. The zero-order chi connectivity index (χ0) is 23.1. The Morgan fingerprint density at radius 2 is 1.78 bits per heavy atom. The van der Waals surface area contributed by atoms with Gasteiger partial charge in [0, 0.05) is 18.7 Å². The zero-order valence-corrected chi connectivity index (χ0v) is 18.1. The number of thiazole rings is 1. The maximum absolute atomic E-state index is 12.9. The molecule has 166 valence electrons. The van der Waals surface area contributed by atoms with Crippen LogP contribution in [0.5, 0.6) is 0 Å². The van der Waals surface area contributed by atoms with E-state index in [1.165, 1.54) is 34.6 Å². The molecule has 0 unspecified atom stereocenters. The van der Waals surface area contributed by atoms with Gasteiger partial charge >= 0.3 is 6.18 Å². The number of aliphatic hydroxyl groups is 1. The van der Waals surface area contributed by atoms with E-state index in [1.807, 2.05) is 6.07 Å². The van der Waals surface area contributed by atoms with Crippen molar-refractivity contribution in [3.05, 3.63) is 58.6 Å². The van der Waals surface area contributed by atoms with Crippen LogP contribution in [0.15, 0.2) is 47.4 Å². The largest absolute Gasteiger partial charge is 0.506 e. The Labute approximate surface area is 185 Å². The van der Waals surface area contributed by atoms with E-state index in [9.17, 15) is 32.0 Å². The molecule has 2 heterocycles. The SMILES string of the molecule is N#C/C(=C(/O)c1ccc(S(=O)(=O)N2CCCC2)cc1)c1nc2cc(C(F)(F)F)ccc2s1. The van der Waals surface area contributed by atoms with Gasteiger partial charge in [0.05, 0.1) is 20.7 Å². The minimum atomic E-state index is -4.52. The highest BCUT2D eigenvalue weighted by molar-refractivity contribution is 7.89. The fourth-order valence-corrected chi connectivity index (χ4v) is 5.88. The summed E-state index contributed by atoms with van der Waals surface area (Å²) in [6.07, 6.45) is -2.91. The second-order valence-corrected chi connectivity index (χ2v) is 10.1. The Morgan fingerprint density at radius 1 is 1.12 bits per heavy atom. The maximum Gasteiger partial charge on any atom is 0.416 e. The van der Waals surface area contributed by atoms with Gasteiger partial charge in [0.15, 0.2) is 0 Å². The molecule has 4 rings (SSSR count). The molecule has 32 heavy (non-hydrogen) atoms. The summed E-state index contributed by atoms with van der Waals surface area (Å²) in [7, 11) is -3.62. The summed E-state index contributed by atoms with van der Waals surface area (Å²) in [5.74, 6) is -0.437. The third kappa shape index (κ3) is 4.09. The predicted molar refractivity (Wildman–Crippen MR) is 114 cm³/mol. The molecule has 1 aliphatic heterocycles. The molecular formula is C21H16F3N3O3S2. The molecular weight excluding hydrogens is 463 g/mol. The third-order valence-electron chi connectivity index (χ3n) is 5.11. The van der Waals surface area contributed by atoms with Crippen molar-refractivity contribution in [2.45, 2.75) is 23.9 Å². The number of hydrogen-bond acceptors (Lipinski definition) is 6. The van der Waals surface area contributed by atoms with Gasteiger partial charge in [-0.15, -0.1) is 11.3 Å². The van der Waals surface area contributed by atoms with Crippen LogP contribution in [-0.4, -0.2) is 35.9 Å². The highest BCUT2D eigenvalue weighted by atomic mass is 32.2.